The summed E-state index contributed by atoms with van der Waals surface area (Å²) in [5.41, 5.74) is 7.56. The molecule has 2 aliphatic heterocycles. The zero-order valence-electron chi connectivity index (χ0n) is 25.4. The molecular weight excluding hydrogens is 706 g/mol. The van der Waals surface area contributed by atoms with Gasteiger partial charge < -0.3 is 25.6 Å². The smallest absolute Gasteiger partial charge is 0.336 e. The van der Waals surface area contributed by atoms with Crippen molar-refractivity contribution in [2.75, 3.05) is 37.5 Å². The number of methoxy groups -OCH3 is 1. The summed E-state index contributed by atoms with van der Waals surface area (Å²) in [7, 11) is 3.09. The van der Waals surface area contributed by atoms with Gasteiger partial charge in [0.25, 0.3) is 5.56 Å². The molecule has 0 aliphatic carbocycles. The molecule has 4 aromatic rings. The monoisotopic (exact) mass is 738 g/mol. The summed E-state index contributed by atoms with van der Waals surface area (Å²) >= 11 is 2.00. The molecule has 11 nitrogen and oxygen atoms in total. The molecule has 0 radical (unpaired) electrons. The maximum absolute atomic E-state index is 15.1. The molecular formula is C33H32FIN6O5. The molecule has 0 spiro atoms. The van der Waals surface area contributed by atoms with Crippen LogP contribution in [0.2, 0.25) is 0 Å². The van der Waals surface area contributed by atoms with Gasteiger partial charge in [0, 0.05) is 22.8 Å². The third-order valence-corrected chi connectivity index (χ3v) is 9.26. The van der Waals surface area contributed by atoms with E-state index < -0.39 is 35.1 Å². The summed E-state index contributed by atoms with van der Waals surface area (Å²) in [6, 6.07) is 17.1. The van der Waals surface area contributed by atoms with Crippen LogP contribution in [0, 0.1) is 9.39 Å². The molecule has 13 heteroatoms. The van der Waals surface area contributed by atoms with Crippen LogP contribution in [0.3, 0.4) is 0 Å². The first-order valence-electron chi connectivity index (χ1n) is 14.7. The Kier molecular flexibility index (Phi) is 8.35. The van der Waals surface area contributed by atoms with E-state index in [0.29, 0.717) is 33.5 Å². The van der Waals surface area contributed by atoms with Crippen LogP contribution >= 0.6 is 22.6 Å². The van der Waals surface area contributed by atoms with Gasteiger partial charge in [0.15, 0.2) is 0 Å². The number of primary amides is 1. The van der Waals surface area contributed by atoms with Crippen molar-refractivity contribution in [1.29, 1.82) is 0 Å². The van der Waals surface area contributed by atoms with E-state index in [9.17, 15) is 19.2 Å². The Labute approximate surface area is 277 Å². The minimum atomic E-state index is -1.09. The number of nitrogens with zero attached hydrogens (tertiary/aromatic N) is 4. The van der Waals surface area contributed by atoms with Crippen molar-refractivity contribution < 1.29 is 18.7 Å². The van der Waals surface area contributed by atoms with E-state index in [1.54, 1.807) is 69.6 Å². The summed E-state index contributed by atoms with van der Waals surface area (Å²) in [5.74, 6) is -1.65. The van der Waals surface area contributed by atoms with Crippen molar-refractivity contribution in [1.82, 2.24) is 14.0 Å². The molecule has 1 aromatic heterocycles. The highest BCUT2D eigenvalue weighted by Crippen LogP contribution is 2.37. The number of hydrogen-bond acceptors (Lipinski definition) is 7. The number of anilines is 2. The Hall–Kier alpha value is -4.66. The quantitative estimate of drug-likeness (QED) is 0.265. The second kappa shape index (κ2) is 12.3. The number of fused-ring (bicyclic) bond motifs is 2. The van der Waals surface area contributed by atoms with Crippen molar-refractivity contribution in [3.63, 3.8) is 0 Å². The molecule has 2 atom stereocenters. The van der Waals surface area contributed by atoms with Crippen LogP contribution in [0.15, 0.2) is 70.3 Å². The lowest BCUT2D eigenvalue weighted by Gasteiger charge is -2.39. The number of hydrogen-bond donors (Lipinski definition) is 2. The van der Waals surface area contributed by atoms with Gasteiger partial charge in [-0.25, -0.2) is 9.18 Å². The van der Waals surface area contributed by atoms with E-state index in [-0.39, 0.29) is 35.9 Å². The van der Waals surface area contributed by atoms with Crippen LogP contribution in [0.25, 0.3) is 5.69 Å². The second-order valence-corrected chi connectivity index (χ2v) is 12.7. The molecule has 0 bridgehead atoms. The number of aromatic nitrogens is 2. The van der Waals surface area contributed by atoms with Crippen LogP contribution < -0.4 is 31.9 Å². The van der Waals surface area contributed by atoms with Crippen LogP contribution in [0.1, 0.15) is 41.4 Å². The highest BCUT2D eigenvalue weighted by molar-refractivity contribution is 14.1. The lowest BCUT2D eigenvalue weighted by molar-refractivity contribution is -0.134. The first-order chi connectivity index (χ1) is 22.0. The van der Waals surface area contributed by atoms with E-state index in [4.69, 9.17) is 10.5 Å². The van der Waals surface area contributed by atoms with Gasteiger partial charge in [-0.3, -0.25) is 23.5 Å². The Balaban J connectivity index is 1.60. The Morgan fingerprint density at radius 1 is 1.09 bits per heavy atom. The molecule has 0 fully saturated rings. The molecule has 2 aliphatic rings. The van der Waals surface area contributed by atoms with Gasteiger partial charge in [-0.1, -0.05) is 18.2 Å². The predicted molar refractivity (Wildman–Crippen MR) is 180 cm³/mol. The molecule has 3 heterocycles. The van der Waals surface area contributed by atoms with Crippen LogP contribution in [0.5, 0.6) is 5.75 Å². The lowest BCUT2D eigenvalue weighted by atomic mass is 9.93. The Morgan fingerprint density at radius 3 is 2.50 bits per heavy atom. The van der Waals surface area contributed by atoms with Crippen molar-refractivity contribution in [3.8, 4) is 11.4 Å². The van der Waals surface area contributed by atoms with Crippen LogP contribution in [-0.2, 0) is 22.6 Å². The molecule has 3 N–H and O–H groups in total. The fourth-order valence-electron chi connectivity index (χ4n) is 6.26. The van der Waals surface area contributed by atoms with E-state index >= 15 is 4.39 Å². The molecule has 3 aromatic carbocycles. The van der Waals surface area contributed by atoms with Crippen molar-refractivity contribution in [2.24, 2.45) is 5.73 Å². The maximum Gasteiger partial charge on any atom is 0.336 e. The average Bonchev–Trinajstić information content (AvgIpc) is 3.42. The van der Waals surface area contributed by atoms with Crippen molar-refractivity contribution >= 4 is 45.8 Å². The number of benzene rings is 3. The molecule has 238 valence electrons. The number of nitrogens with one attached hydrogen (secondary N) is 1. The molecule has 6 rings (SSSR count). The van der Waals surface area contributed by atoms with Gasteiger partial charge in [0.05, 0.1) is 48.7 Å². The Bertz CT molecular complexity index is 1990. The fraction of sp³-hybridized carbons (Fsp3) is 0.273. The number of halogens is 2. The zero-order valence-corrected chi connectivity index (χ0v) is 27.6. The highest BCUT2D eigenvalue weighted by atomic mass is 127. The number of ether oxygens (including phenoxy) is 1. The number of amides is 2. The second-order valence-electron chi connectivity index (χ2n) is 11.4. The van der Waals surface area contributed by atoms with Gasteiger partial charge in [0.2, 0.25) is 11.8 Å². The van der Waals surface area contributed by atoms with Crippen molar-refractivity contribution in [2.45, 2.75) is 32.0 Å². The predicted octanol–water partition coefficient (Wildman–Crippen LogP) is 3.33. The van der Waals surface area contributed by atoms with Gasteiger partial charge >= 0.3 is 5.69 Å². The summed E-state index contributed by atoms with van der Waals surface area (Å²) < 4.78 is 23.6. The highest BCUT2D eigenvalue weighted by Gasteiger charge is 2.41. The normalized spacial score (nSPS) is 17.1. The third kappa shape index (κ3) is 5.52. The molecule has 2 unspecified atom stereocenters. The minimum absolute atomic E-state index is 0.00762. The minimum Gasteiger partial charge on any atom is -0.497 e. The SMILES string of the molecule is COc1ccc(Cn2c(=O)c3c(n(-c4ccc5c(c4)N(CC(N)=O)CC5)c2=O)C(C)C(=O)N(C)C3Nc2ccc(I)cc2F)cc1. The number of rotatable bonds is 8. The van der Waals surface area contributed by atoms with Crippen LogP contribution in [-0.4, -0.2) is 53.1 Å². The van der Waals surface area contributed by atoms with Gasteiger partial charge in [0.1, 0.15) is 17.7 Å². The van der Waals surface area contributed by atoms with Gasteiger partial charge in [-0.15, -0.1) is 0 Å². The first kappa shape index (κ1) is 31.3. The summed E-state index contributed by atoms with van der Waals surface area (Å²) in [5, 5.41) is 3.07. The van der Waals surface area contributed by atoms with E-state index in [0.717, 1.165) is 15.8 Å². The fourth-order valence-corrected chi connectivity index (χ4v) is 6.72. The Morgan fingerprint density at radius 2 is 1.83 bits per heavy atom. The van der Waals surface area contributed by atoms with E-state index in [1.807, 2.05) is 33.6 Å². The number of carbonyl (C=O) groups is 2. The number of nitrogens with two attached hydrogens (primary N) is 1. The summed E-state index contributed by atoms with van der Waals surface area (Å²) in [4.78, 5) is 57.6. The standard InChI is InChI=1S/C33H32FIN6O5/c1-18-29-28(30(38(2)31(18)43)37-25-11-7-21(35)14-24(25)34)32(44)40(16-19-4-9-23(46-3)10-5-19)33(45)41(29)22-8-6-20-12-13-39(17-27(36)42)26(20)15-22/h4-11,14-15,18,30,37H,12-13,16-17H2,1-3H3,(H2,36,42). The topological polar surface area (TPSA) is 132 Å². The third-order valence-electron chi connectivity index (χ3n) is 8.59. The molecule has 2 amide bonds. The van der Waals surface area contributed by atoms with Crippen molar-refractivity contribution in [3.05, 3.63) is 113 Å². The molecule has 0 saturated heterocycles. The number of carbonyl (C=O) groups excluding carboxylic acids is 2. The largest absolute Gasteiger partial charge is 0.497 e. The zero-order chi connectivity index (χ0) is 32.9. The maximum atomic E-state index is 15.1. The summed E-state index contributed by atoms with van der Waals surface area (Å²) in [6.07, 6.45) is -0.393. The van der Waals surface area contributed by atoms with E-state index in [2.05, 4.69) is 5.32 Å². The molecule has 46 heavy (non-hydrogen) atoms. The average molecular weight is 739 g/mol. The van der Waals surface area contributed by atoms with E-state index in [1.165, 1.54) is 15.5 Å². The lowest BCUT2D eigenvalue weighted by Crippen LogP contribution is -2.52. The summed E-state index contributed by atoms with van der Waals surface area (Å²) in [6.45, 7) is 2.17. The number of likely N-dealkylation sites (N-methyl/N-ethyl adjacent to an activating group) is 1. The first-order valence-corrected chi connectivity index (χ1v) is 15.7. The van der Waals surface area contributed by atoms with Gasteiger partial charge in [-0.05, 0) is 89.5 Å². The molecule has 0 saturated carbocycles. The van der Waals surface area contributed by atoms with Crippen LogP contribution in [0.4, 0.5) is 15.8 Å². The van der Waals surface area contributed by atoms with Gasteiger partial charge in [-0.2, -0.15) is 0 Å².